The minimum Gasteiger partial charge on any atom is -0.494 e. The lowest BCUT2D eigenvalue weighted by molar-refractivity contribution is -0.145. The number of fused-ring (bicyclic) bond motifs is 1. The molecular formula is C22H20F3N5O2. The second-order valence-electron chi connectivity index (χ2n) is 7.09. The largest absolute Gasteiger partial charge is 0.494 e. The highest BCUT2D eigenvalue weighted by molar-refractivity contribution is 6.06. The number of alkyl halides is 3. The number of hydrogen-bond donors (Lipinski definition) is 2. The second kappa shape index (κ2) is 8.37. The molecule has 1 aliphatic rings. The maximum atomic E-state index is 13.3. The summed E-state index contributed by atoms with van der Waals surface area (Å²) in [4.78, 5) is 16.9. The SMILES string of the molecule is CCOc1ccc(NC(=O)C2=C(C)Nc3nc(C(F)(F)F)nn3C2c2ccccc2)cc1. The predicted molar refractivity (Wildman–Crippen MR) is 112 cm³/mol. The zero-order valence-corrected chi connectivity index (χ0v) is 17.3. The number of carbonyl (C=O) groups excluding carboxylic acids is 1. The third-order valence-electron chi connectivity index (χ3n) is 4.89. The molecule has 3 aromatic rings. The normalized spacial score (nSPS) is 15.7. The van der Waals surface area contributed by atoms with Gasteiger partial charge in [-0.3, -0.25) is 4.79 Å². The van der Waals surface area contributed by atoms with Gasteiger partial charge in [-0.15, -0.1) is 5.10 Å². The predicted octanol–water partition coefficient (Wildman–Crippen LogP) is 4.62. The molecule has 1 atom stereocenters. The fourth-order valence-corrected chi connectivity index (χ4v) is 3.51. The number of allylic oxidation sites excluding steroid dienone is 1. The molecule has 0 saturated carbocycles. The van der Waals surface area contributed by atoms with Crippen molar-refractivity contribution in [1.29, 1.82) is 0 Å². The van der Waals surface area contributed by atoms with Crippen LogP contribution in [0.1, 0.15) is 31.3 Å². The highest BCUT2D eigenvalue weighted by Crippen LogP contribution is 2.37. The fraction of sp³-hybridized carbons (Fsp3) is 0.227. The zero-order valence-electron chi connectivity index (χ0n) is 17.3. The number of ether oxygens (including phenoxy) is 1. The van der Waals surface area contributed by atoms with E-state index in [-0.39, 0.29) is 11.5 Å². The summed E-state index contributed by atoms with van der Waals surface area (Å²) < 4.78 is 46.3. The summed E-state index contributed by atoms with van der Waals surface area (Å²) in [5.41, 5.74) is 1.74. The van der Waals surface area contributed by atoms with E-state index in [4.69, 9.17) is 4.74 Å². The minimum atomic E-state index is -4.72. The van der Waals surface area contributed by atoms with E-state index in [2.05, 4.69) is 20.7 Å². The number of amides is 1. The first-order valence-electron chi connectivity index (χ1n) is 9.88. The summed E-state index contributed by atoms with van der Waals surface area (Å²) in [5, 5.41) is 9.26. The van der Waals surface area contributed by atoms with E-state index in [0.717, 1.165) is 4.68 Å². The van der Waals surface area contributed by atoms with Crippen molar-refractivity contribution in [3.05, 3.63) is 77.3 Å². The van der Waals surface area contributed by atoms with Crippen molar-refractivity contribution < 1.29 is 22.7 Å². The van der Waals surface area contributed by atoms with Crippen LogP contribution in [0.4, 0.5) is 24.8 Å². The van der Waals surface area contributed by atoms with E-state index >= 15 is 0 Å². The third-order valence-corrected chi connectivity index (χ3v) is 4.89. The highest BCUT2D eigenvalue weighted by atomic mass is 19.4. The molecule has 0 bridgehead atoms. The number of carbonyl (C=O) groups is 1. The fourth-order valence-electron chi connectivity index (χ4n) is 3.51. The van der Waals surface area contributed by atoms with Crippen molar-refractivity contribution in [3.63, 3.8) is 0 Å². The maximum absolute atomic E-state index is 13.3. The van der Waals surface area contributed by atoms with E-state index in [0.29, 0.717) is 29.3 Å². The van der Waals surface area contributed by atoms with Crippen LogP contribution in [0.15, 0.2) is 65.9 Å². The quantitative estimate of drug-likeness (QED) is 0.601. The molecule has 0 fully saturated rings. The van der Waals surface area contributed by atoms with Gasteiger partial charge in [-0.2, -0.15) is 18.2 Å². The first kappa shape index (κ1) is 21.4. The van der Waals surface area contributed by atoms with E-state index in [9.17, 15) is 18.0 Å². The Bertz CT molecular complexity index is 1150. The number of nitrogens with zero attached hydrogens (tertiary/aromatic N) is 3. The van der Waals surface area contributed by atoms with E-state index in [1.54, 1.807) is 61.5 Å². The second-order valence-corrected chi connectivity index (χ2v) is 7.09. The van der Waals surface area contributed by atoms with Crippen molar-refractivity contribution >= 4 is 17.5 Å². The number of halogens is 3. The van der Waals surface area contributed by atoms with Gasteiger partial charge in [0.2, 0.25) is 5.95 Å². The lowest BCUT2D eigenvalue weighted by atomic mass is 9.95. The Hall–Kier alpha value is -3.82. The average molecular weight is 443 g/mol. The molecule has 1 aromatic heterocycles. The molecule has 10 heteroatoms. The van der Waals surface area contributed by atoms with Gasteiger partial charge >= 0.3 is 6.18 Å². The van der Waals surface area contributed by atoms with Gasteiger partial charge < -0.3 is 15.4 Å². The number of anilines is 2. The number of nitrogens with one attached hydrogen (secondary N) is 2. The number of benzene rings is 2. The van der Waals surface area contributed by atoms with Gasteiger partial charge in [0, 0.05) is 11.4 Å². The van der Waals surface area contributed by atoms with Gasteiger partial charge in [-0.25, -0.2) is 4.68 Å². The van der Waals surface area contributed by atoms with Crippen molar-refractivity contribution in [1.82, 2.24) is 14.8 Å². The van der Waals surface area contributed by atoms with Crippen LogP contribution < -0.4 is 15.4 Å². The molecule has 0 radical (unpaired) electrons. The van der Waals surface area contributed by atoms with Crippen LogP contribution in [0, 0.1) is 0 Å². The average Bonchev–Trinajstić information content (AvgIpc) is 3.19. The van der Waals surface area contributed by atoms with Gasteiger partial charge in [-0.05, 0) is 43.7 Å². The van der Waals surface area contributed by atoms with Gasteiger partial charge in [-0.1, -0.05) is 30.3 Å². The van der Waals surface area contributed by atoms with Crippen LogP contribution in [-0.2, 0) is 11.0 Å². The van der Waals surface area contributed by atoms with Crippen LogP contribution in [-0.4, -0.2) is 27.3 Å². The van der Waals surface area contributed by atoms with Gasteiger partial charge in [0.25, 0.3) is 11.7 Å². The smallest absolute Gasteiger partial charge is 0.453 e. The number of rotatable bonds is 5. The first-order chi connectivity index (χ1) is 15.3. The third kappa shape index (κ3) is 4.16. The van der Waals surface area contributed by atoms with Crippen LogP contribution >= 0.6 is 0 Å². The summed E-state index contributed by atoms with van der Waals surface area (Å²) in [6, 6.07) is 14.7. The maximum Gasteiger partial charge on any atom is 0.453 e. The molecule has 4 rings (SSSR count). The summed E-state index contributed by atoms with van der Waals surface area (Å²) >= 11 is 0. The summed E-state index contributed by atoms with van der Waals surface area (Å²) in [7, 11) is 0. The molecule has 1 unspecified atom stereocenters. The molecule has 166 valence electrons. The molecule has 7 nitrogen and oxygen atoms in total. The minimum absolute atomic E-state index is 0.0821. The lowest BCUT2D eigenvalue weighted by Crippen LogP contribution is -2.31. The van der Waals surface area contributed by atoms with Crippen LogP contribution in [0.5, 0.6) is 5.75 Å². The Morgan fingerprint density at radius 2 is 1.84 bits per heavy atom. The van der Waals surface area contributed by atoms with Gasteiger partial charge in [0.15, 0.2) is 0 Å². The molecule has 0 spiro atoms. The Morgan fingerprint density at radius 1 is 1.16 bits per heavy atom. The Kier molecular flexibility index (Phi) is 5.60. The van der Waals surface area contributed by atoms with Crippen LogP contribution in [0.3, 0.4) is 0 Å². The molecule has 0 saturated heterocycles. The molecule has 1 aliphatic heterocycles. The van der Waals surface area contributed by atoms with Crippen molar-refractivity contribution in [2.75, 3.05) is 17.2 Å². The molecule has 1 amide bonds. The van der Waals surface area contributed by atoms with Crippen LogP contribution in [0.2, 0.25) is 0 Å². The van der Waals surface area contributed by atoms with Gasteiger partial charge in [0.05, 0.1) is 12.2 Å². The first-order valence-corrected chi connectivity index (χ1v) is 9.88. The Balaban J connectivity index is 1.72. The summed E-state index contributed by atoms with van der Waals surface area (Å²) in [6.45, 7) is 4.00. The molecular weight excluding hydrogens is 423 g/mol. The standard InChI is InChI=1S/C22H20F3N5O2/c1-3-32-16-11-9-15(10-12-16)27-19(31)17-13(2)26-21-28-20(22(23,24)25)29-30(21)18(17)14-7-5-4-6-8-14/h4-12,18H,3H2,1-2H3,(H,27,31)(H,26,28,29). The molecule has 32 heavy (non-hydrogen) atoms. The van der Waals surface area contributed by atoms with Crippen molar-refractivity contribution in [3.8, 4) is 5.75 Å². The molecule has 2 heterocycles. The summed E-state index contributed by atoms with van der Waals surface area (Å²) in [6.07, 6.45) is -4.72. The van der Waals surface area contributed by atoms with E-state index in [1.165, 1.54) is 0 Å². The Morgan fingerprint density at radius 3 is 2.47 bits per heavy atom. The number of aromatic nitrogens is 3. The highest BCUT2D eigenvalue weighted by Gasteiger charge is 2.41. The van der Waals surface area contributed by atoms with Gasteiger partial charge in [0.1, 0.15) is 11.8 Å². The Labute approximate surface area is 181 Å². The zero-order chi connectivity index (χ0) is 22.9. The lowest BCUT2D eigenvalue weighted by Gasteiger charge is -2.28. The molecule has 2 aromatic carbocycles. The van der Waals surface area contributed by atoms with E-state index in [1.807, 2.05) is 6.92 Å². The van der Waals surface area contributed by atoms with E-state index < -0.39 is 23.9 Å². The number of hydrogen-bond acceptors (Lipinski definition) is 5. The monoisotopic (exact) mass is 443 g/mol. The van der Waals surface area contributed by atoms with Crippen LogP contribution in [0.25, 0.3) is 0 Å². The topological polar surface area (TPSA) is 81.1 Å². The molecule has 0 aliphatic carbocycles. The van der Waals surface area contributed by atoms with Crippen molar-refractivity contribution in [2.24, 2.45) is 0 Å². The van der Waals surface area contributed by atoms with Crippen molar-refractivity contribution in [2.45, 2.75) is 26.1 Å². The molecule has 2 N–H and O–H groups in total. The summed E-state index contributed by atoms with van der Waals surface area (Å²) in [5.74, 6) is -1.17.